The van der Waals surface area contributed by atoms with Gasteiger partial charge in [0.25, 0.3) is 0 Å². The molecule has 104 valence electrons. The van der Waals surface area contributed by atoms with Gasteiger partial charge in [0.1, 0.15) is 10.6 Å². The highest BCUT2D eigenvalue weighted by Gasteiger charge is 2.28. The van der Waals surface area contributed by atoms with Gasteiger partial charge in [0, 0.05) is 10.4 Å². The normalized spacial score (nSPS) is 13.5. The maximum absolute atomic E-state index is 10.4. The second-order valence-electron chi connectivity index (χ2n) is 4.89. The maximum atomic E-state index is 10.4. The van der Waals surface area contributed by atoms with Crippen molar-refractivity contribution in [2.45, 2.75) is 36.1 Å². The standard InChI is InChI=1S/C12H21NO3S2/c1-12(2,3)13-18(14,15)11-9(16-4)7-6-8-10(11)17-5/h6-8,13-15H,1-5H3. The molecule has 0 amide bonds. The van der Waals surface area contributed by atoms with Crippen LogP contribution in [0.3, 0.4) is 0 Å². The Hall–Kier alpha value is -0.400. The van der Waals surface area contributed by atoms with Crippen molar-refractivity contribution in [3.05, 3.63) is 18.2 Å². The van der Waals surface area contributed by atoms with Gasteiger partial charge >= 0.3 is 0 Å². The molecule has 0 heterocycles. The van der Waals surface area contributed by atoms with Crippen molar-refractivity contribution in [2.75, 3.05) is 13.4 Å². The number of ether oxygens (including phenoxy) is 1. The zero-order valence-corrected chi connectivity index (χ0v) is 13.0. The van der Waals surface area contributed by atoms with E-state index in [2.05, 4.69) is 4.72 Å². The Morgan fingerprint density at radius 2 is 1.89 bits per heavy atom. The van der Waals surface area contributed by atoms with Crippen molar-refractivity contribution in [1.82, 2.24) is 4.72 Å². The first kappa shape index (κ1) is 15.7. The van der Waals surface area contributed by atoms with Crippen LogP contribution in [-0.4, -0.2) is 28.0 Å². The molecule has 0 spiro atoms. The van der Waals surface area contributed by atoms with Gasteiger partial charge in [-0.2, -0.15) is 0 Å². The number of hydrogen-bond donors (Lipinski definition) is 3. The summed E-state index contributed by atoms with van der Waals surface area (Å²) in [5.41, 5.74) is -0.407. The zero-order valence-electron chi connectivity index (χ0n) is 11.4. The molecule has 0 saturated carbocycles. The number of hydrogen-bond acceptors (Lipinski definition) is 5. The second-order valence-corrected chi connectivity index (χ2v) is 7.45. The molecule has 18 heavy (non-hydrogen) atoms. The Morgan fingerprint density at radius 3 is 2.33 bits per heavy atom. The van der Waals surface area contributed by atoms with E-state index in [1.807, 2.05) is 39.2 Å². The number of benzene rings is 1. The van der Waals surface area contributed by atoms with Crippen LogP contribution in [0.2, 0.25) is 0 Å². The highest BCUT2D eigenvalue weighted by atomic mass is 32.3. The molecule has 1 aromatic rings. The molecule has 6 heteroatoms. The predicted octanol–water partition coefficient (Wildman–Crippen LogP) is 3.83. The predicted molar refractivity (Wildman–Crippen MR) is 78.8 cm³/mol. The minimum atomic E-state index is -3.10. The molecule has 0 unspecified atom stereocenters. The van der Waals surface area contributed by atoms with Crippen LogP contribution in [0.1, 0.15) is 20.8 Å². The van der Waals surface area contributed by atoms with Crippen molar-refractivity contribution < 1.29 is 13.8 Å². The summed E-state index contributed by atoms with van der Waals surface area (Å²) in [5.74, 6) is 0.485. The van der Waals surface area contributed by atoms with Crippen LogP contribution in [0.25, 0.3) is 0 Å². The lowest BCUT2D eigenvalue weighted by molar-refractivity contribution is 0.384. The van der Waals surface area contributed by atoms with Crippen molar-refractivity contribution in [3.8, 4) is 5.75 Å². The molecular weight excluding hydrogens is 270 g/mol. The van der Waals surface area contributed by atoms with Crippen molar-refractivity contribution in [3.63, 3.8) is 0 Å². The van der Waals surface area contributed by atoms with Gasteiger partial charge in [0.2, 0.25) is 0 Å². The quantitative estimate of drug-likeness (QED) is 0.736. The summed E-state index contributed by atoms with van der Waals surface area (Å²) in [6.45, 7) is 5.65. The molecule has 0 atom stereocenters. The Kier molecular flexibility index (Phi) is 4.97. The van der Waals surface area contributed by atoms with Crippen LogP contribution in [0.5, 0.6) is 5.75 Å². The van der Waals surface area contributed by atoms with Gasteiger partial charge in [-0.1, -0.05) is 6.07 Å². The van der Waals surface area contributed by atoms with E-state index in [0.717, 1.165) is 4.90 Å². The Balaban J connectivity index is 3.29. The number of nitrogens with one attached hydrogen (secondary N) is 1. The average Bonchev–Trinajstić information content (AvgIpc) is 2.24. The molecule has 0 aliphatic rings. The topological polar surface area (TPSA) is 61.7 Å². The minimum absolute atomic E-state index is 0.407. The van der Waals surface area contributed by atoms with Gasteiger partial charge < -0.3 is 4.74 Å². The molecule has 0 aliphatic carbocycles. The van der Waals surface area contributed by atoms with E-state index in [1.165, 1.54) is 18.9 Å². The lowest BCUT2D eigenvalue weighted by atomic mass is 10.1. The fourth-order valence-corrected chi connectivity index (χ4v) is 4.41. The highest BCUT2D eigenvalue weighted by Crippen LogP contribution is 2.54. The molecule has 0 radical (unpaired) electrons. The summed E-state index contributed by atoms with van der Waals surface area (Å²) in [4.78, 5) is 1.22. The van der Waals surface area contributed by atoms with E-state index in [4.69, 9.17) is 4.74 Å². The lowest BCUT2D eigenvalue weighted by Gasteiger charge is -2.40. The smallest absolute Gasteiger partial charge is 0.144 e. The Morgan fingerprint density at radius 1 is 1.28 bits per heavy atom. The van der Waals surface area contributed by atoms with Gasteiger partial charge in [0.15, 0.2) is 0 Å². The Labute approximate surface area is 115 Å². The SMILES string of the molecule is COc1cccc(SC)c1S(O)(O)NC(C)(C)C. The summed E-state index contributed by atoms with van der Waals surface area (Å²) in [6, 6.07) is 5.41. The molecule has 0 fully saturated rings. The van der Waals surface area contributed by atoms with E-state index in [0.29, 0.717) is 10.6 Å². The van der Waals surface area contributed by atoms with Crippen molar-refractivity contribution in [1.29, 1.82) is 0 Å². The number of thioether (sulfide) groups is 1. The summed E-state index contributed by atoms with van der Waals surface area (Å²) < 4.78 is 28.9. The van der Waals surface area contributed by atoms with E-state index in [9.17, 15) is 9.11 Å². The zero-order chi connectivity index (χ0) is 14.0. The summed E-state index contributed by atoms with van der Waals surface area (Å²) in [7, 11) is -1.58. The fourth-order valence-electron chi connectivity index (χ4n) is 1.58. The van der Waals surface area contributed by atoms with Crippen LogP contribution in [0.4, 0.5) is 0 Å². The van der Waals surface area contributed by atoms with Crippen molar-refractivity contribution >= 4 is 22.5 Å². The minimum Gasteiger partial charge on any atom is -0.495 e. The summed E-state index contributed by atoms with van der Waals surface area (Å²) in [5, 5.41) is 0. The molecule has 0 aromatic heterocycles. The van der Waals surface area contributed by atoms with Gasteiger partial charge in [-0.05, 0) is 39.2 Å². The molecule has 1 rings (SSSR count). The second kappa shape index (κ2) is 5.71. The van der Waals surface area contributed by atoms with Gasteiger partial charge in [0.05, 0.1) is 7.11 Å². The molecule has 4 nitrogen and oxygen atoms in total. The van der Waals surface area contributed by atoms with E-state index < -0.39 is 16.3 Å². The first-order chi connectivity index (χ1) is 8.21. The third kappa shape index (κ3) is 3.80. The van der Waals surface area contributed by atoms with E-state index in [1.54, 1.807) is 6.07 Å². The van der Waals surface area contributed by atoms with Gasteiger partial charge in [-0.15, -0.1) is 22.5 Å². The average molecular weight is 291 g/mol. The molecule has 3 N–H and O–H groups in total. The summed E-state index contributed by atoms with van der Waals surface area (Å²) >= 11 is 1.46. The van der Waals surface area contributed by atoms with Gasteiger partial charge in [-0.25, -0.2) is 4.72 Å². The molecule has 0 saturated heterocycles. The van der Waals surface area contributed by atoms with Crippen LogP contribution < -0.4 is 9.46 Å². The van der Waals surface area contributed by atoms with E-state index in [-0.39, 0.29) is 0 Å². The molecule has 1 aromatic carbocycles. The highest BCUT2D eigenvalue weighted by molar-refractivity contribution is 8.23. The van der Waals surface area contributed by atoms with Crippen LogP contribution in [0.15, 0.2) is 28.0 Å². The van der Waals surface area contributed by atoms with Gasteiger partial charge in [-0.3, -0.25) is 9.11 Å². The number of methoxy groups -OCH3 is 1. The lowest BCUT2D eigenvalue weighted by Crippen LogP contribution is -2.38. The third-order valence-electron chi connectivity index (χ3n) is 2.12. The largest absolute Gasteiger partial charge is 0.495 e. The van der Waals surface area contributed by atoms with Crippen LogP contribution in [0, 0.1) is 0 Å². The number of rotatable bonds is 4. The Bertz CT molecular complexity index is 394. The monoisotopic (exact) mass is 291 g/mol. The van der Waals surface area contributed by atoms with Crippen LogP contribution in [-0.2, 0) is 0 Å². The van der Waals surface area contributed by atoms with Crippen LogP contribution >= 0.6 is 22.5 Å². The summed E-state index contributed by atoms with van der Waals surface area (Å²) in [6.07, 6.45) is 1.89. The first-order valence-electron chi connectivity index (χ1n) is 5.49. The third-order valence-corrected chi connectivity index (χ3v) is 4.91. The molecule has 0 bridgehead atoms. The maximum Gasteiger partial charge on any atom is 0.144 e. The fraction of sp³-hybridized carbons (Fsp3) is 0.500. The van der Waals surface area contributed by atoms with E-state index >= 15 is 0 Å². The van der Waals surface area contributed by atoms with Crippen molar-refractivity contribution in [2.24, 2.45) is 0 Å². The first-order valence-corrected chi connectivity index (χ1v) is 8.26. The molecular formula is C12H21NO3S2. The molecule has 0 aliphatic heterocycles.